The number of carbonyl (C=O) groups is 4. The quantitative estimate of drug-likeness (QED) is 0.298. The number of rotatable bonds is 12. The molecule has 4 heterocycles. The second kappa shape index (κ2) is 17.5. The molecule has 0 bridgehead atoms. The number of hydrogen-bond acceptors (Lipinski definition) is 8. The van der Waals surface area contributed by atoms with E-state index in [1.165, 1.54) is 16.2 Å². The first-order valence-corrected chi connectivity index (χ1v) is 20.4. The first-order valence-electron chi connectivity index (χ1n) is 20.4. The minimum absolute atomic E-state index is 0.00425. The fraction of sp³-hybridized carbons (Fsp3) is 0.644. The topological polar surface area (TPSA) is 124 Å². The molecule has 9 heteroatoms. The fourth-order valence-electron chi connectivity index (χ4n) is 8.47. The maximum Gasteiger partial charge on any atom is 0.178 e. The van der Waals surface area contributed by atoms with Crippen molar-refractivity contribution in [2.45, 2.75) is 119 Å². The Morgan fingerprint density at radius 3 is 2.22 bits per heavy atom. The number of piperidine rings is 1. The zero-order chi connectivity index (χ0) is 39.4. The van der Waals surface area contributed by atoms with Gasteiger partial charge in [-0.2, -0.15) is 0 Å². The van der Waals surface area contributed by atoms with Gasteiger partial charge in [-0.25, -0.2) is 4.99 Å². The number of likely N-dealkylation sites (tertiary alicyclic amines) is 2. The molecular formula is C45H64N4O5. The molecule has 0 spiro atoms. The number of carbonyl (C=O) groups excluding carboxylic acids is 4. The third-order valence-corrected chi connectivity index (χ3v) is 12.1. The van der Waals surface area contributed by atoms with E-state index in [0.717, 1.165) is 93.8 Å². The molecular weight excluding hydrogens is 677 g/mol. The van der Waals surface area contributed by atoms with Crippen molar-refractivity contribution < 1.29 is 29.2 Å². The Morgan fingerprint density at radius 2 is 1.61 bits per heavy atom. The SMILES string of the molecule is CC(=O)CC1CCN(CC[C@@H](CC(=O)C2=Nc3cc4c(nc3C2)CC[C@H](C(C)(C)C)C4)c2cccc(C(=O)CC3C[NH+](C)C3)c2)CC1.CC(C)(C)C(=O)[O-]. The van der Waals surface area contributed by atoms with Gasteiger partial charge in [0.1, 0.15) is 5.78 Å². The normalized spacial score (nSPS) is 22.1. The Morgan fingerprint density at radius 1 is 0.926 bits per heavy atom. The summed E-state index contributed by atoms with van der Waals surface area (Å²) in [6.45, 7) is 18.5. The maximum atomic E-state index is 14.0. The van der Waals surface area contributed by atoms with E-state index in [4.69, 9.17) is 9.98 Å². The third kappa shape index (κ3) is 11.2. The highest BCUT2D eigenvalue weighted by atomic mass is 16.4. The van der Waals surface area contributed by atoms with Gasteiger partial charge in [0.25, 0.3) is 0 Å². The van der Waals surface area contributed by atoms with Crippen molar-refractivity contribution >= 4 is 34.7 Å². The number of quaternary nitrogens is 1. The van der Waals surface area contributed by atoms with E-state index in [9.17, 15) is 24.3 Å². The lowest BCUT2D eigenvalue weighted by molar-refractivity contribution is -0.931. The molecule has 6 rings (SSSR count). The minimum Gasteiger partial charge on any atom is -0.550 e. The van der Waals surface area contributed by atoms with Crippen LogP contribution < -0.4 is 10.0 Å². The van der Waals surface area contributed by atoms with Crippen molar-refractivity contribution in [3.8, 4) is 0 Å². The van der Waals surface area contributed by atoms with Gasteiger partial charge in [0, 0.05) is 48.3 Å². The Labute approximate surface area is 323 Å². The molecule has 4 aliphatic rings. The molecule has 0 unspecified atom stereocenters. The molecule has 1 aliphatic carbocycles. The highest BCUT2D eigenvalue weighted by molar-refractivity contribution is 6.41. The zero-order valence-corrected chi connectivity index (χ0v) is 34.2. The van der Waals surface area contributed by atoms with Gasteiger partial charge >= 0.3 is 0 Å². The van der Waals surface area contributed by atoms with Crippen molar-refractivity contribution in [2.75, 3.05) is 39.8 Å². The van der Waals surface area contributed by atoms with Gasteiger partial charge in [0.05, 0.1) is 43.1 Å². The van der Waals surface area contributed by atoms with E-state index < -0.39 is 11.4 Å². The van der Waals surface area contributed by atoms with Crippen LogP contribution in [0.15, 0.2) is 35.3 Å². The summed E-state index contributed by atoms with van der Waals surface area (Å²) in [5.74, 6) is 1.16. The largest absolute Gasteiger partial charge is 0.550 e. The molecule has 54 heavy (non-hydrogen) atoms. The van der Waals surface area contributed by atoms with Crippen LogP contribution in [0.2, 0.25) is 0 Å². The standard InChI is InChI=1S/C40H54N4O3.C5H10O2/c1-26(45)17-27-11-14-44(15-12-27)16-13-30(29-7-6-8-31(19-29)38(46)18-28-24-43(5)25-28)22-39(47)37-23-36-35(42-37)21-32-20-33(40(2,3)4)9-10-34(32)41-36;1-5(2,3)4(6)7/h6-8,19,21,27-28,30,33H,9-18,20,22-25H2,1-5H3;1-3H3,(H,6,7)/t30-,33-;/m0./s1. The average molecular weight is 741 g/mol. The number of Topliss-reactive ketones (excluding diaryl/α,β-unsaturated/α-hetero) is 3. The van der Waals surface area contributed by atoms with Crippen LogP contribution in [-0.2, 0) is 33.6 Å². The number of carboxylic acid groups (broad SMARTS) is 1. The van der Waals surface area contributed by atoms with Gasteiger partial charge in [0.2, 0.25) is 0 Å². The Balaban J connectivity index is 0.000000730. The van der Waals surface area contributed by atoms with Gasteiger partial charge in [-0.1, -0.05) is 59.7 Å². The second-order valence-electron chi connectivity index (χ2n) is 18.9. The predicted molar refractivity (Wildman–Crippen MR) is 211 cm³/mol. The van der Waals surface area contributed by atoms with Crippen LogP contribution in [-0.4, -0.2) is 78.7 Å². The number of aromatic nitrogens is 1. The number of pyridine rings is 1. The summed E-state index contributed by atoms with van der Waals surface area (Å²) in [6, 6.07) is 10.3. The number of hydrogen-bond donors (Lipinski definition) is 1. The number of fused-ring (bicyclic) bond motifs is 2. The summed E-state index contributed by atoms with van der Waals surface area (Å²) in [6.07, 6.45) is 8.30. The molecule has 9 nitrogen and oxygen atoms in total. The number of nitrogens with one attached hydrogen (secondary N) is 1. The number of aliphatic imine (C=N–C) groups is 1. The molecule has 0 saturated carbocycles. The lowest BCUT2D eigenvalue weighted by Gasteiger charge is -2.34. The number of nitrogens with zero attached hydrogens (tertiary/aromatic N) is 3. The monoisotopic (exact) mass is 740 g/mol. The molecule has 2 aromatic rings. The molecule has 1 N–H and O–H groups in total. The van der Waals surface area contributed by atoms with Crippen LogP contribution in [0.1, 0.15) is 132 Å². The highest BCUT2D eigenvalue weighted by Gasteiger charge is 2.33. The summed E-state index contributed by atoms with van der Waals surface area (Å²) in [5.41, 5.74) is 6.35. The molecule has 294 valence electrons. The zero-order valence-electron chi connectivity index (χ0n) is 34.2. The van der Waals surface area contributed by atoms with E-state index in [0.29, 0.717) is 49.1 Å². The lowest BCUT2D eigenvalue weighted by Crippen LogP contribution is -3.17. The number of aliphatic carboxylic acids is 1. The fourth-order valence-corrected chi connectivity index (χ4v) is 8.47. The van der Waals surface area contributed by atoms with Crippen LogP contribution in [0.25, 0.3) is 0 Å². The minimum atomic E-state index is -1.01. The van der Waals surface area contributed by atoms with Crippen molar-refractivity contribution in [3.05, 3.63) is 58.4 Å². The van der Waals surface area contributed by atoms with Crippen molar-refractivity contribution in [2.24, 2.45) is 33.6 Å². The molecule has 3 aliphatic heterocycles. The molecule has 2 saturated heterocycles. The van der Waals surface area contributed by atoms with Crippen molar-refractivity contribution in [3.63, 3.8) is 0 Å². The van der Waals surface area contributed by atoms with Crippen LogP contribution in [0.3, 0.4) is 0 Å². The second-order valence-corrected chi connectivity index (χ2v) is 18.9. The number of carboxylic acids is 1. The lowest BCUT2D eigenvalue weighted by atomic mass is 9.71. The van der Waals surface area contributed by atoms with Crippen LogP contribution in [0.4, 0.5) is 5.69 Å². The van der Waals surface area contributed by atoms with Gasteiger partial charge in [-0.05, 0) is 112 Å². The average Bonchev–Trinajstić information content (AvgIpc) is 3.51. The number of benzene rings is 1. The molecule has 2 fully saturated rings. The van der Waals surface area contributed by atoms with Crippen LogP contribution in [0, 0.1) is 28.6 Å². The summed E-state index contributed by atoms with van der Waals surface area (Å²) in [7, 11) is 2.18. The van der Waals surface area contributed by atoms with Crippen molar-refractivity contribution in [1.29, 1.82) is 0 Å². The van der Waals surface area contributed by atoms with Gasteiger partial charge in [0.15, 0.2) is 11.6 Å². The van der Waals surface area contributed by atoms with Crippen LogP contribution in [0.5, 0.6) is 0 Å². The summed E-state index contributed by atoms with van der Waals surface area (Å²) >= 11 is 0. The molecule has 0 amide bonds. The summed E-state index contributed by atoms with van der Waals surface area (Å²) in [4.78, 5) is 62.7. The van der Waals surface area contributed by atoms with Crippen molar-refractivity contribution in [1.82, 2.24) is 9.88 Å². The summed E-state index contributed by atoms with van der Waals surface area (Å²) < 4.78 is 0. The Bertz CT molecular complexity index is 1720. The Hall–Kier alpha value is -3.56. The smallest absolute Gasteiger partial charge is 0.178 e. The number of aryl methyl sites for hydroxylation is 1. The van der Waals surface area contributed by atoms with E-state index in [2.05, 4.69) is 50.9 Å². The molecule has 2 atom stereocenters. The van der Waals surface area contributed by atoms with E-state index in [1.54, 1.807) is 27.7 Å². The summed E-state index contributed by atoms with van der Waals surface area (Å²) in [5, 5.41) is 9.91. The molecule has 1 aromatic heterocycles. The first-order chi connectivity index (χ1) is 25.3. The maximum absolute atomic E-state index is 14.0. The third-order valence-electron chi connectivity index (χ3n) is 12.1. The van der Waals surface area contributed by atoms with E-state index in [1.807, 2.05) is 12.1 Å². The molecule has 1 aromatic carbocycles. The highest BCUT2D eigenvalue weighted by Crippen LogP contribution is 2.39. The molecule has 0 radical (unpaired) electrons. The first kappa shape index (κ1) is 41.6. The van der Waals surface area contributed by atoms with Gasteiger partial charge in [-0.3, -0.25) is 14.6 Å². The van der Waals surface area contributed by atoms with Gasteiger partial charge < -0.3 is 24.5 Å². The van der Waals surface area contributed by atoms with E-state index in [-0.39, 0.29) is 28.7 Å². The van der Waals surface area contributed by atoms with E-state index >= 15 is 0 Å². The van der Waals surface area contributed by atoms with Gasteiger partial charge in [-0.15, -0.1) is 0 Å². The predicted octanol–water partition coefficient (Wildman–Crippen LogP) is 5.19. The van der Waals surface area contributed by atoms with Crippen LogP contribution >= 0.6 is 0 Å². The Kier molecular flexibility index (Phi) is 13.5. The number of ketones is 3.